The normalized spacial score (nSPS) is 41.5. The van der Waals surface area contributed by atoms with Crippen molar-refractivity contribution in [1.82, 2.24) is 0 Å². The molecule has 0 aromatic rings. The molecule has 2 aliphatic heterocycles. The van der Waals surface area contributed by atoms with Gasteiger partial charge in [0.15, 0.2) is 0 Å². The Morgan fingerprint density at radius 2 is 1.18 bits per heavy atom. The SMILES string of the molecule is O=C1C[C@H]2SC[C@H](C(=O)O)[C@@H]12.O=C1C[C@H]2SC[C@H](C(=O)O)[C@@H]12. The van der Waals surface area contributed by atoms with Gasteiger partial charge in [0.05, 0.1) is 11.8 Å². The van der Waals surface area contributed by atoms with Crippen molar-refractivity contribution in [1.29, 1.82) is 0 Å². The number of rotatable bonds is 2. The zero-order valence-electron chi connectivity index (χ0n) is 11.6. The number of hydrogen-bond acceptors (Lipinski definition) is 6. The van der Waals surface area contributed by atoms with Crippen LogP contribution < -0.4 is 0 Å². The molecule has 6 nitrogen and oxygen atoms in total. The first kappa shape index (κ1) is 15.9. The fraction of sp³-hybridized carbons (Fsp3) is 0.714. The summed E-state index contributed by atoms with van der Waals surface area (Å²) >= 11 is 3.26. The molecule has 2 saturated heterocycles. The molecule has 2 saturated carbocycles. The molecule has 4 rings (SSSR count). The van der Waals surface area contributed by atoms with Crippen molar-refractivity contribution in [3.63, 3.8) is 0 Å². The summed E-state index contributed by atoms with van der Waals surface area (Å²) in [6.07, 6.45) is 1.19. The molecule has 0 aromatic carbocycles. The summed E-state index contributed by atoms with van der Waals surface area (Å²) in [4.78, 5) is 43.0. The van der Waals surface area contributed by atoms with Gasteiger partial charge < -0.3 is 10.2 Å². The highest BCUT2D eigenvalue weighted by Gasteiger charge is 2.53. The number of hydrogen-bond donors (Lipinski definition) is 2. The summed E-state index contributed by atoms with van der Waals surface area (Å²) in [5.41, 5.74) is 0. The zero-order valence-corrected chi connectivity index (χ0v) is 13.3. The van der Waals surface area contributed by atoms with Crippen LogP contribution in [-0.4, -0.2) is 55.7 Å². The van der Waals surface area contributed by atoms with Crippen LogP contribution in [0.2, 0.25) is 0 Å². The van der Waals surface area contributed by atoms with E-state index in [1.54, 1.807) is 23.5 Å². The van der Waals surface area contributed by atoms with Gasteiger partial charge in [-0.15, -0.1) is 0 Å². The second-order valence-corrected chi connectivity index (χ2v) is 8.57. The van der Waals surface area contributed by atoms with Crippen LogP contribution in [0.4, 0.5) is 0 Å². The lowest BCUT2D eigenvalue weighted by Gasteiger charge is -2.29. The van der Waals surface area contributed by atoms with Crippen molar-refractivity contribution in [2.75, 3.05) is 11.5 Å². The van der Waals surface area contributed by atoms with E-state index in [-0.39, 0.29) is 23.4 Å². The van der Waals surface area contributed by atoms with Gasteiger partial charge in [0.25, 0.3) is 0 Å². The Morgan fingerprint density at radius 3 is 1.41 bits per heavy atom. The number of fused-ring (bicyclic) bond motifs is 2. The van der Waals surface area contributed by atoms with Crippen LogP contribution in [0.15, 0.2) is 0 Å². The van der Waals surface area contributed by atoms with Crippen LogP contribution in [0.5, 0.6) is 0 Å². The lowest BCUT2D eigenvalue weighted by Crippen LogP contribution is -2.42. The Kier molecular flexibility index (Phi) is 4.24. The average molecular weight is 344 g/mol. The Bertz CT molecular complexity index is 483. The van der Waals surface area contributed by atoms with E-state index in [2.05, 4.69) is 0 Å². The van der Waals surface area contributed by atoms with Crippen LogP contribution in [0.1, 0.15) is 12.8 Å². The van der Waals surface area contributed by atoms with E-state index in [0.29, 0.717) is 34.8 Å². The Morgan fingerprint density at radius 1 is 0.818 bits per heavy atom. The molecule has 0 radical (unpaired) electrons. The van der Waals surface area contributed by atoms with Crippen molar-refractivity contribution in [3.8, 4) is 0 Å². The van der Waals surface area contributed by atoms with Crippen molar-refractivity contribution in [2.45, 2.75) is 23.3 Å². The molecule has 4 fully saturated rings. The topological polar surface area (TPSA) is 109 Å². The minimum atomic E-state index is -0.807. The summed E-state index contributed by atoms with van der Waals surface area (Å²) in [6, 6.07) is 0. The number of carbonyl (C=O) groups is 4. The maximum absolute atomic E-state index is 11.0. The predicted octanol–water partition coefficient (Wildman–Crippen LogP) is 0.783. The molecule has 0 amide bonds. The van der Waals surface area contributed by atoms with Gasteiger partial charge in [-0.1, -0.05) is 0 Å². The quantitative estimate of drug-likeness (QED) is 0.756. The summed E-state index contributed by atoms with van der Waals surface area (Å²) in [7, 11) is 0. The fourth-order valence-corrected chi connectivity index (χ4v) is 6.69. The van der Waals surface area contributed by atoms with E-state index in [4.69, 9.17) is 10.2 Å². The third kappa shape index (κ3) is 2.56. The number of carboxylic acid groups (broad SMARTS) is 2. The number of carbonyl (C=O) groups excluding carboxylic acids is 2. The molecule has 0 bridgehead atoms. The highest BCUT2D eigenvalue weighted by molar-refractivity contribution is 8.00. The predicted molar refractivity (Wildman–Crippen MR) is 81.0 cm³/mol. The van der Waals surface area contributed by atoms with Crippen LogP contribution >= 0.6 is 23.5 Å². The summed E-state index contributed by atoms with van der Waals surface area (Å²) < 4.78 is 0. The molecule has 8 heteroatoms. The molecule has 22 heavy (non-hydrogen) atoms. The van der Waals surface area contributed by atoms with Crippen LogP contribution in [-0.2, 0) is 19.2 Å². The molecule has 4 aliphatic rings. The van der Waals surface area contributed by atoms with Gasteiger partial charge in [0, 0.05) is 46.7 Å². The second kappa shape index (κ2) is 5.88. The molecule has 2 N–H and O–H groups in total. The zero-order chi connectivity index (χ0) is 16.0. The maximum atomic E-state index is 11.0. The van der Waals surface area contributed by atoms with Gasteiger partial charge in [-0.05, 0) is 0 Å². The number of ketones is 2. The van der Waals surface area contributed by atoms with E-state index < -0.39 is 23.8 Å². The molecular formula is C14H16O6S2. The highest BCUT2D eigenvalue weighted by atomic mass is 32.2. The Balaban J connectivity index is 0.000000131. The summed E-state index contributed by atoms with van der Waals surface area (Å²) in [5, 5.41) is 18.0. The second-order valence-electron chi connectivity index (χ2n) is 6.03. The van der Waals surface area contributed by atoms with E-state index in [0.717, 1.165) is 0 Å². The number of thioether (sulfide) groups is 2. The Hall–Kier alpha value is -1.02. The number of Topliss-reactive ketones (excluding diaryl/α,β-unsaturated/α-hetero) is 2. The van der Waals surface area contributed by atoms with Crippen LogP contribution in [0, 0.1) is 23.7 Å². The molecule has 0 aromatic heterocycles. The van der Waals surface area contributed by atoms with Crippen molar-refractivity contribution < 1.29 is 29.4 Å². The van der Waals surface area contributed by atoms with E-state index in [1.165, 1.54) is 0 Å². The third-order valence-corrected chi connectivity index (χ3v) is 7.71. The highest BCUT2D eigenvalue weighted by Crippen LogP contribution is 2.48. The summed E-state index contributed by atoms with van der Waals surface area (Å²) in [6.45, 7) is 0. The molecule has 2 aliphatic carbocycles. The molecule has 2 heterocycles. The minimum Gasteiger partial charge on any atom is -0.481 e. The first-order valence-electron chi connectivity index (χ1n) is 7.14. The largest absolute Gasteiger partial charge is 0.481 e. The van der Waals surface area contributed by atoms with Crippen molar-refractivity contribution >= 4 is 47.0 Å². The van der Waals surface area contributed by atoms with E-state index >= 15 is 0 Å². The average Bonchev–Trinajstić information content (AvgIpc) is 2.96. The number of carboxylic acids is 2. The minimum absolute atomic E-state index is 0.146. The molecule has 0 unspecified atom stereocenters. The molecular weight excluding hydrogens is 328 g/mol. The van der Waals surface area contributed by atoms with Gasteiger partial charge in [-0.3, -0.25) is 19.2 Å². The fourth-order valence-electron chi connectivity index (χ4n) is 3.42. The van der Waals surface area contributed by atoms with E-state index in [9.17, 15) is 19.2 Å². The summed E-state index contributed by atoms with van der Waals surface area (Å²) in [5.74, 6) is -1.18. The smallest absolute Gasteiger partial charge is 0.308 e. The lowest BCUT2D eigenvalue weighted by molar-refractivity contribution is -0.147. The van der Waals surface area contributed by atoms with Crippen LogP contribution in [0.3, 0.4) is 0 Å². The molecule has 120 valence electrons. The van der Waals surface area contributed by atoms with Crippen molar-refractivity contribution in [3.05, 3.63) is 0 Å². The van der Waals surface area contributed by atoms with Gasteiger partial charge in [0.2, 0.25) is 0 Å². The van der Waals surface area contributed by atoms with Gasteiger partial charge in [0.1, 0.15) is 11.6 Å². The Labute approximate surface area is 135 Å². The molecule has 0 spiro atoms. The third-order valence-electron chi connectivity index (χ3n) is 4.83. The van der Waals surface area contributed by atoms with Crippen molar-refractivity contribution in [2.24, 2.45) is 23.7 Å². The standard InChI is InChI=1S/2C7H8O3S/c2*8-4-1-5-6(4)3(2-11-5)7(9)10/h2*3,5-6H,1-2H2,(H,9,10)/t2*3-,5+,6-/m00/s1. The maximum Gasteiger partial charge on any atom is 0.308 e. The van der Waals surface area contributed by atoms with Gasteiger partial charge >= 0.3 is 11.9 Å². The lowest BCUT2D eigenvalue weighted by atomic mass is 9.75. The van der Waals surface area contributed by atoms with Gasteiger partial charge in [-0.2, -0.15) is 23.5 Å². The first-order valence-corrected chi connectivity index (χ1v) is 9.24. The van der Waals surface area contributed by atoms with E-state index in [1.807, 2.05) is 0 Å². The van der Waals surface area contributed by atoms with Gasteiger partial charge in [-0.25, -0.2) is 0 Å². The molecule has 6 atom stereocenters. The first-order chi connectivity index (χ1) is 10.4. The number of aliphatic carboxylic acids is 2. The monoisotopic (exact) mass is 344 g/mol. The van der Waals surface area contributed by atoms with Crippen LogP contribution in [0.25, 0.3) is 0 Å².